The number of nitrogens with one attached hydrogen (secondary N) is 2. The summed E-state index contributed by atoms with van der Waals surface area (Å²) < 4.78 is 4.83. The van der Waals surface area contributed by atoms with E-state index < -0.39 is 12.1 Å². The monoisotopic (exact) mass is 326 g/mol. The molecule has 0 aliphatic rings. The molecule has 0 saturated carbocycles. The van der Waals surface area contributed by atoms with Crippen LogP contribution < -0.4 is 10.6 Å². The molecule has 1 rings (SSSR count). The summed E-state index contributed by atoms with van der Waals surface area (Å²) in [5.74, 6) is -0.313. The molecule has 5 nitrogen and oxygen atoms in total. The molecular weight excluding hydrogens is 304 g/mol. The average Bonchev–Trinajstić information content (AvgIpc) is 2.44. The van der Waals surface area contributed by atoms with Crippen molar-refractivity contribution in [1.82, 2.24) is 10.6 Å². The molecule has 2 atom stereocenters. The van der Waals surface area contributed by atoms with E-state index in [0.29, 0.717) is 5.02 Å². The number of ether oxygens (including phenoxy) is 1. The van der Waals surface area contributed by atoms with Gasteiger partial charge in [0.05, 0.1) is 12.6 Å². The molecular formula is C16H23ClN2O3. The number of carbonyl (C=O) groups is 2. The maximum absolute atomic E-state index is 12.4. The number of hydrogen-bond acceptors (Lipinski definition) is 3. The zero-order valence-electron chi connectivity index (χ0n) is 13.4. The van der Waals surface area contributed by atoms with Crippen molar-refractivity contribution in [3.63, 3.8) is 0 Å². The second-order valence-corrected chi connectivity index (χ2v) is 5.81. The third-order valence-electron chi connectivity index (χ3n) is 3.21. The van der Waals surface area contributed by atoms with Crippen LogP contribution >= 0.6 is 11.6 Å². The topological polar surface area (TPSA) is 67.4 Å². The molecule has 22 heavy (non-hydrogen) atoms. The van der Waals surface area contributed by atoms with Gasteiger partial charge in [0.15, 0.2) is 0 Å². The average molecular weight is 327 g/mol. The standard InChI is InChI=1S/C16H23ClN2O3/c1-5-22-16(21)19-14(10(2)3)15(20)18-11(4)12-7-6-8-13(17)9-12/h6-11,14H,5H2,1-4H3,(H,18,20)(H,19,21)/t11-,14+/m0/s1. The van der Waals surface area contributed by atoms with E-state index in [1.165, 1.54) is 0 Å². The van der Waals surface area contributed by atoms with E-state index in [4.69, 9.17) is 16.3 Å². The zero-order chi connectivity index (χ0) is 16.7. The molecule has 0 radical (unpaired) electrons. The predicted molar refractivity (Wildman–Crippen MR) is 86.8 cm³/mol. The number of rotatable bonds is 6. The second-order valence-electron chi connectivity index (χ2n) is 5.37. The molecule has 0 aliphatic heterocycles. The van der Waals surface area contributed by atoms with Crippen molar-refractivity contribution >= 4 is 23.6 Å². The van der Waals surface area contributed by atoms with Gasteiger partial charge in [-0.05, 0) is 37.5 Å². The van der Waals surface area contributed by atoms with Crippen molar-refractivity contribution in [3.05, 3.63) is 34.9 Å². The third kappa shape index (κ3) is 5.56. The lowest BCUT2D eigenvalue weighted by Crippen LogP contribution is -2.50. The normalized spacial score (nSPS) is 13.4. The minimum absolute atomic E-state index is 0.0593. The van der Waals surface area contributed by atoms with Crippen molar-refractivity contribution in [2.45, 2.75) is 39.8 Å². The molecule has 0 saturated heterocycles. The lowest BCUT2D eigenvalue weighted by Gasteiger charge is -2.24. The number of alkyl carbamates (subject to hydrolysis) is 1. The maximum atomic E-state index is 12.4. The Bertz CT molecular complexity index is 520. The van der Waals surface area contributed by atoms with Crippen molar-refractivity contribution < 1.29 is 14.3 Å². The molecule has 0 heterocycles. The molecule has 1 aromatic rings. The van der Waals surface area contributed by atoms with Crippen molar-refractivity contribution in [3.8, 4) is 0 Å². The van der Waals surface area contributed by atoms with E-state index in [2.05, 4.69) is 10.6 Å². The summed E-state index contributed by atoms with van der Waals surface area (Å²) in [6, 6.07) is 6.43. The van der Waals surface area contributed by atoms with E-state index in [-0.39, 0.29) is 24.5 Å². The van der Waals surface area contributed by atoms with Crippen LogP contribution in [0.2, 0.25) is 5.02 Å². The molecule has 0 fully saturated rings. The first kappa shape index (κ1) is 18.3. The first-order chi connectivity index (χ1) is 10.3. The molecule has 2 amide bonds. The van der Waals surface area contributed by atoms with E-state index >= 15 is 0 Å². The Balaban J connectivity index is 2.72. The largest absolute Gasteiger partial charge is 0.450 e. The SMILES string of the molecule is CCOC(=O)N[C@@H](C(=O)N[C@@H](C)c1cccc(Cl)c1)C(C)C. The van der Waals surface area contributed by atoms with Gasteiger partial charge in [-0.25, -0.2) is 4.79 Å². The van der Waals surface area contributed by atoms with Crippen molar-refractivity contribution in [2.75, 3.05) is 6.61 Å². The van der Waals surface area contributed by atoms with Gasteiger partial charge in [0.25, 0.3) is 0 Å². The highest BCUT2D eigenvalue weighted by Crippen LogP contribution is 2.17. The second kappa shape index (κ2) is 8.63. The Morgan fingerprint density at radius 3 is 2.45 bits per heavy atom. The summed E-state index contributed by atoms with van der Waals surface area (Å²) in [5, 5.41) is 6.09. The Morgan fingerprint density at radius 2 is 1.91 bits per heavy atom. The summed E-state index contributed by atoms with van der Waals surface area (Å²) >= 11 is 5.96. The van der Waals surface area contributed by atoms with Crippen LogP contribution in [0.15, 0.2) is 24.3 Å². The van der Waals surface area contributed by atoms with Gasteiger partial charge in [-0.1, -0.05) is 37.6 Å². The lowest BCUT2D eigenvalue weighted by atomic mass is 10.0. The van der Waals surface area contributed by atoms with E-state index in [0.717, 1.165) is 5.56 Å². The van der Waals surface area contributed by atoms with Gasteiger partial charge in [0.2, 0.25) is 5.91 Å². The maximum Gasteiger partial charge on any atom is 0.407 e. The summed E-state index contributed by atoms with van der Waals surface area (Å²) in [5.41, 5.74) is 0.902. The van der Waals surface area contributed by atoms with E-state index in [1.54, 1.807) is 19.1 Å². The van der Waals surface area contributed by atoms with Crippen LogP contribution in [0.25, 0.3) is 0 Å². The summed E-state index contributed by atoms with van der Waals surface area (Å²) in [4.78, 5) is 23.9. The van der Waals surface area contributed by atoms with Crippen LogP contribution in [0.1, 0.15) is 39.3 Å². The highest BCUT2D eigenvalue weighted by molar-refractivity contribution is 6.30. The van der Waals surface area contributed by atoms with Crippen molar-refractivity contribution in [2.24, 2.45) is 5.92 Å². The summed E-state index contributed by atoms with van der Waals surface area (Å²) in [7, 11) is 0. The summed E-state index contributed by atoms with van der Waals surface area (Å²) in [6.07, 6.45) is -0.591. The Hall–Kier alpha value is -1.75. The first-order valence-electron chi connectivity index (χ1n) is 7.34. The first-order valence-corrected chi connectivity index (χ1v) is 7.72. The number of hydrogen-bond donors (Lipinski definition) is 2. The van der Waals surface area contributed by atoms with Crippen molar-refractivity contribution in [1.29, 1.82) is 0 Å². The molecule has 0 unspecified atom stereocenters. The van der Waals surface area contributed by atoms with Gasteiger partial charge in [-0.3, -0.25) is 4.79 Å². The molecule has 122 valence electrons. The van der Waals surface area contributed by atoms with Crippen LogP contribution in [-0.2, 0) is 9.53 Å². The van der Waals surface area contributed by atoms with Gasteiger partial charge in [-0.15, -0.1) is 0 Å². The van der Waals surface area contributed by atoms with Crippen LogP contribution in [0.4, 0.5) is 4.79 Å². The van der Waals surface area contributed by atoms with Gasteiger partial charge < -0.3 is 15.4 Å². The van der Waals surface area contributed by atoms with Crippen LogP contribution in [0, 0.1) is 5.92 Å². The van der Waals surface area contributed by atoms with Crippen LogP contribution in [0.5, 0.6) is 0 Å². The molecule has 0 spiro atoms. The quantitative estimate of drug-likeness (QED) is 0.843. The minimum Gasteiger partial charge on any atom is -0.450 e. The fraction of sp³-hybridized carbons (Fsp3) is 0.500. The van der Waals surface area contributed by atoms with E-state index in [1.807, 2.05) is 32.9 Å². The zero-order valence-corrected chi connectivity index (χ0v) is 14.1. The predicted octanol–water partition coefficient (Wildman–Crippen LogP) is 3.29. The fourth-order valence-corrected chi connectivity index (χ4v) is 2.20. The Morgan fingerprint density at radius 1 is 1.23 bits per heavy atom. The number of benzene rings is 1. The fourth-order valence-electron chi connectivity index (χ4n) is 2.00. The van der Waals surface area contributed by atoms with E-state index in [9.17, 15) is 9.59 Å². The number of halogens is 1. The molecule has 0 aliphatic carbocycles. The summed E-state index contributed by atoms with van der Waals surface area (Å²) in [6.45, 7) is 7.56. The number of carbonyl (C=O) groups excluding carboxylic acids is 2. The van der Waals surface area contributed by atoms with Gasteiger partial charge >= 0.3 is 6.09 Å². The molecule has 1 aromatic carbocycles. The number of amides is 2. The van der Waals surface area contributed by atoms with Crippen LogP contribution in [-0.4, -0.2) is 24.6 Å². The Labute approximate surface area is 136 Å². The Kier molecular flexibility index (Phi) is 7.18. The highest BCUT2D eigenvalue weighted by atomic mass is 35.5. The van der Waals surface area contributed by atoms with Crippen LogP contribution in [0.3, 0.4) is 0 Å². The molecule has 6 heteroatoms. The van der Waals surface area contributed by atoms with Gasteiger partial charge in [0, 0.05) is 5.02 Å². The smallest absolute Gasteiger partial charge is 0.407 e. The van der Waals surface area contributed by atoms with Gasteiger partial charge in [0.1, 0.15) is 6.04 Å². The molecule has 0 aromatic heterocycles. The third-order valence-corrected chi connectivity index (χ3v) is 3.44. The van der Waals surface area contributed by atoms with Gasteiger partial charge in [-0.2, -0.15) is 0 Å². The molecule has 0 bridgehead atoms. The minimum atomic E-state index is -0.652. The highest BCUT2D eigenvalue weighted by Gasteiger charge is 2.26. The lowest BCUT2D eigenvalue weighted by molar-refractivity contribution is -0.124. The molecule has 2 N–H and O–H groups in total.